The van der Waals surface area contributed by atoms with Crippen LogP contribution in [0.4, 0.5) is 5.69 Å². The maximum absolute atomic E-state index is 12.0. The lowest BCUT2D eigenvalue weighted by Gasteiger charge is -2.09. The van der Waals surface area contributed by atoms with Gasteiger partial charge >= 0.3 is 11.8 Å². The van der Waals surface area contributed by atoms with Gasteiger partial charge in [0.25, 0.3) is 0 Å². The number of methoxy groups -OCH3 is 1. The highest BCUT2D eigenvalue weighted by atomic mass is 16.5. The monoisotopic (exact) mass is 348 g/mol. The third-order valence-electron chi connectivity index (χ3n) is 3.24. The number of nitrogens with zero attached hydrogens (tertiary/aromatic N) is 1. The van der Waals surface area contributed by atoms with Crippen LogP contribution in [0.25, 0.3) is 0 Å². The molecule has 0 atom stereocenters. The molecular weight excluding hydrogens is 324 g/mol. The largest absolute Gasteiger partial charge is 0.383 e. The van der Waals surface area contributed by atoms with E-state index in [-0.39, 0.29) is 18.9 Å². The molecule has 1 aromatic carbocycles. The van der Waals surface area contributed by atoms with Crippen molar-refractivity contribution in [1.29, 1.82) is 0 Å². The summed E-state index contributed by atoms with van der Waals surface area (Å²) >= 11 is 0. The zero-order valence-electron chi connectivity index (χ0n) is 14.7. The van der Waals surface area contributed by atoms with Crippen molar-refractivity contribution in [2.75, 3.05) is 25.6 Å². The number of carbonyl (C=O) groups is 3. The summed E-state index contributed by atoms with van der Waals surface area (Å²) in [5.74, 6) is -1.96. The number of amides is 3. The number of nitrogens with one attached hydrogen (secondary N) is 3. The molecule has 0 aliphatic heterocycles. The van der Waals surface area contributed by atoms with E-state index in [0.29, 0.717) is 12.3 Å². The zero-order valence-corrected chi connectivity index (χ0v) is 14.7. The molecule has 0 unspecified atom stereocenters. The summed E-state index contributed by atoms with van der Waals surface area (Å²) in [6.07, 6.45) is 0.807. The molecule has 1 aromatic rings. The second-order valence-corrected chi connectivity index (χ2v) is 5.27. The molecule has 0 heterocycles. The Labute approximate surface area is 147 Å². The molecule has 0 aromatic heterocycles. The maximum atomic E-state index is 12.0. The van der Waals surface area contributed by atoms with Crippen molar-refractivity contribution in [1.82, 2.24) is 10.7 Å². The Hall–Kier alpha value is -2.74. The minimum Gasteiger partial charge on any atom is -0.383 e. The van der Waals surface area contributed by atoms with Crippen LogP contribution in [0.2, 0.25) is 0 Å². The fourth-order valence-corrected chi connectivity index (χ4v) is 1.96. The van der Waals surface area contributed by atoms with Gasteiger partial charge in [-0.1, -0.05) is 25.1 Å². The molecular formula is C17H24N4O4. The normalized spacial score (nSPS) is 10.9. The van der Waals surface area contributed by atoms with Gasteiger partial charge in [-0.15, -0.1) is 0 Å². The molecule has 0 aliphatic rings. The SMILES string of the molecule is CCc1ccccc1NC(=O)CC(C)=NNC(=O)C(=O)NCCOC. The van der Waals surface area contributed by atoms with Crippen LogP contribution in [-0.4, -0.2) is 43.7 Å². The van der Waals surface area contributed by atoms with E-state index in [1.807, 2.05) is 31.2 Å². The summed E-state index contributed by atoms with van der Waals surface area (Å²) in [6.45, 7) is 4.13. The number of hydrogen-bond acceptors (Lipinski definition) is 5. The molecule has 0 fully saturated rings. The summed E-state index contributed by atoms with van der Waals surface area (Å²) in [5, 5.41) is 8.94. The highest BCUT2D eigenvalue weighted by Gasteiger charge is 2.12. The quantitative estimate of drug-likeness (QED) is 0.280. The molecule has 25 heavy (non-hydrogen) atoms. The van der Waals surface area contributed by atoms with Gasteiger partial charge in [0.15, 0.2) is 0 Å². The lowest BCUT2D eigenvalue weighted by molar-refractivity contribution is -0.139. The Morgan fingerprint density at radius 3 is 2.56 bits per heavy atom. The predicted octanol–water partition coefficient (Wildman–Crippen LogP) is 0.832. The number of benzene rings is 1. The summed E-state index contributed by atoms with van der Waals surface area (Å²) in [6, 6.07) is 7.53. The Bertz CT molecular complexity index is 643. The number of rotatable bonds is 8. The van der Waals surface area contributed by atoms with Crippen LogP contribution in [0.3, 0.4) is 0 Å². The Kier molecular flexibility index (Phi) is 8.87. The van der Waals surface area contributed by atoms with Gasteiger partial charge in [-0.05, 0) is 25.0 Å². The first kappa shape index (κ1) is 20.3. The van der Waals surface area contributed by atoms with Crippen molar-refractivity contribution in [2.24, 2.45) is 5.10 Å². The fourth-order valence-electron chi connectivity index (χ4n) is 1.96. The van der Waals surface area contributed by atoms with E-state index < -0.39 is 11.8 Å². The summed E-state index contributed by atoms with van der Waals surface area (Å²) in [4.78, 5) is 35.0. The molecule has 0 radical (unpaired) electrons. The molecule has 0 spiro atoms. The van der Waals surface area contributed by atoms with Crippen molar-refractivity contribution in [3.8, 4) is 0 Å². The number of hydrogen-bond donors (Lipinski definition) is 3. The van der Waals surface area contributed by atoms with Gasteiger partial charge in [-0.2, -0.15) is 5.10 Å². The molecule has 136 valence electrons. The number of carbonyl (C=O) groups excluding carboxylic acids is 3. The van der Waals surface area contributed by atoms with Gasteiger partial charge in [0.1, 0.15) is 0 Å². The third kappa shape index (κ3) is 7.58. The molecule has 8 nitrogen and oxygen atoms in total. The molecule has 1 rings (SSSR count). The van der Waals surface area contributed by atoms with Crippen LogP contribution in [0.15, 0.2) is 29.4 Å². The fraction of sp³-hybridized carbons (Fsp3) is 0.412. The van der Waals surface area contributed by atoms with Crippen molar-refractivity contribution in [2.45, 2.75) is 26.7 Å². The minimum absolute atomic E-state index is 0.00359. The van der Waals surface area contributed by atoms with E-state index >= 15 is 0 Å². The van der Waals surface area contributed by atoms with E-state index in [1.54, 1.807) is 6.92 Å². The number of ether oxygens (including phenoxy) is 1. The highest BCUT2D eigenvalue weighted by molar-refractivity contribution is 6.35. The molecule has 0 saturated carbocycles. The topological polar surface area (TPSA) is 109 Å². The highest BCUT2D eigenvalue weighted by Crippen LogP contribution is 2.15. The standard InChI is InChI=1S/C17H24N4O4/c1-4-13-7-5-6-8-14(13)19-15(22)11-12(2)20-21-17(24)16(23)18-9-10-25-3/h5-8H,4,9-11H2,1-3H3,(H,18,23)(H,19,22)(H,21,24). The van der Waals surface area contributed by atoms with Crippen molar-refractivity contribution < 1.29 is 19.1 Å². The predicted molar refractivity (Wildman–Crippen MR) is 95.2 cm³/mol. The first-order chi connectivity index (χ1) is 12.0. The van der Waals surface area contributed by atoms with E-state index in [1.165, 1.54) is 7.11 Å². The van der Waals surface area contributed by atoms with Gasteiger partial charge in [-0.3, -0.25) is 14.4 Å². The van der Waals surface area contributed by atoms with Crippen LogP contribution in [0.5, 0.6) is 0 Å². The Morgan fingerprint density at radius 1 is 1.16 bits per heavy atom. The summed E-state index contributed by atoms with van der Waals surface area (Å²) < 4.78 is 4.76. The van der Waals surface area contributed by atoms with Crippen molar-refractivity contribution in [3.63, 3.8) is 0 Å². The van der Waals surface area contributed by atoms with Crippen molar-refractivity contribution in [3.05, 3.63) is 29.8 Å². The average molecular weight is 348 g/mol. The van der Waals surface area contributed by atoms with Gasteiger partial charge in [-0.25, -0.2) is 5.43 Å². The average Bonchev–Trinajstić information content (AvgIpc) is 2.60. The molecule has 0 aliphatic carbocycles. The number of hydrazone groups is 1. The maximum Gasteiger partial charge on any atom is 0.329 e. The number of aryl methyl sites for hydroxylation is 1. The molecule has 0 saturated heterocycles. The lowest BCUT2D eigenvalue weighted by Crippen LogP contribution is -2.39. The Balaban J connectivity index is 2.47. The zero-order chi connectivity index (χ0) is 18.7. The van der Waals surface area contributed by atoms with Gasteiger partial charge in [0, 0.05) is 25.1 Å². The number of anilines is 1. The summed E-state index contributed by atoms with van der Waals surface area (Å²) in [7, 11) is 1.49. The van der Waals surface area contributed by atoms with Crippen LogP contribution in [-0.2, 0) is 25.5 Å². The van der Waals surface area contributed by atoms with Crippen LogP contribution < -0.4 is 16.1 Å². The first-order valence-corrected chi connectivity index (χ1v) is 7.96. The van der Waals surface area contributed by atoms with E-state index in [9.17, 15) is 14.4 Å². The Morgan fingerprint density at radius 2 is 1.88 bits per heavy atom. The van der Waals surface area contributed by atoms with Gasteiger partial charge in [0.2, 0.25) is 5.91 Å². The third-order valence-corrected chi connectivity index (χ3v) is 3.24. The van der Waals surface area contributed by atoms with Gasteiger partial charge in [0.05, 0.1) is 13.0 Å². The smallest absolute Gasteiger partial charge is 0.329 e. The second-order valence-electron chi connectivity index (χ2n) is 5.27. The molecule has 3 amide bonds. The second kappa shape index (κ2) is 10.9. The van der Waals surface area contributed by atoms with E-state index in [2.05, 4.69) is 21.2 Å². The molecule has 3 N–H and O–H groups in total. The lowest BCUT2D eigenvalue weighted by atomic mass is 10.1. The number of para-hydroxylation sites is 1. The molecule has 8 heteroatoms. The van der Waals surface area contributed by atoms with Crippen molar-refractivity contribution >= 4 is 29.1 Å². The van der Waals surface area contributed by atoms with Crippen LogP contribution in [0.1, 0.15) is 25.8 Å². The minimum atomic E-state index is -0.896. The van der Waals surface area contributed by atoms with E-state index in [0.717, 1.165) is 17.7 Å². The van der Waals surface area contributed by atoms with Gasteiger partial charge < -0.3 is 15.4 Å². The first-order valence-electron chi connectivity index (χ1n) is 7.96. The molecule has 0 bridgehead atoms. The van der Waals surface area contributed by atoms with E-state index in [4.69, 9.17) is 4.74 Å². The van der Waals surface area contributed by atoms with Crippen LogP contribution >= 0.6 is 0 Å². The summed E-state index contributed by atoms with van der Waals surface area (Å²) in [5.41, 5.74) is 4.28. The van der Waals surface area contributed by atoms with Crippen LogP contribution in [0, 0.1) is 0 Å².